The third-order valence-electron chi connectivity index (χ3n) is 2.78. The van der Waals surface area contributed by atoms with E-state index >= 15 is 0 Å². The summed E-state index contributed by atoms with van der Waals surface area (Å²) in [6.45, 7) is 10.5. The van der Waals surface area contributed by atoms with Crippen molar-refractivity contribution in [1.82, 2.24) is 4.98 Å². The van der Waals surface area contributed by atoms with Crippen molar-refractivity contribution < 1.29 is 9.53 Å². The van der Waals surface area contributed by atoms with Gasteiger partial charge in [0.1, 0.15) is 9.88 Å². The molecule has 1 aromatic rings. The molecular weight excluding hydrogens is 260 g/mol. The first-order valence-electron chi connectivity index (χ1n) is 6.79. The molecule has 0 saturated heterocycles. The Hall–Kier alpha value is -0.940. The van der Waals surface area contributed by atoms with Gasteiger partial charge in [0.2, 0.25) is 0 Å². The van der Waals surface area contributed by atoms with E-state index in [9.17, 15) is 4.79 Å². The first-order valence-corrected chi connectivity index (χ1v) is 7.60. The summed E-state index contributed by atoms with van der Waals surface area (Å²) in [4.78, 5) is 17.1. The van der Waals surface area contributed by atoms with Gasteiger partial charge in [0.05, 0.1) is 18.3 Å². The van der Waals surface area contributed by atoms with Crippen LogP contribution in [0.15, 0.2) is 0 Å². The zero-order valence-electron chi connectivity index (χ0n) is 12.4. The van der Waals surface area contributed by atoms with E-state index in [1.54, 1.807) is 0 Å². The van der Waals surface area contributed by atoms with Gasteiger partial charge in [0.15, 0.2) is 0 Å². The van der Waals surface area contributed by atoms with Crippen molar-refractivity contribution in [3.8, 4) is 0 Å². The molecule has 2 N–H and O–H groups in total. The topological polar surface area (TPSA) is 65.2 Å². The maximum atomic E-state index is 12.0. The zero-order chi connectivity index (χ0) is 14.6. The Morgan fingerprint density at radius 1 is 1.37 bits per heavy atom. The van der Waals surface area contributed by atoms with Crippen molar-refractivity contribution in [3.63, 3.8) is 0 Å². The Morgan fingerprint density at radius 3 is 2.47 bits per heavy atom. The fourth-order valence-corrected chi connectivity index (χ4v) is 2.84. The molecule has 1 atom stereocenters. The Morgan fingerprint density at radius 2 is 2.00 bits per heavy atom. The quantitative estimate of drug-likeness (QED) is 0.815. The maximum absolute atomic E-state index is 12.0. The van der Waals surface area contributed by atoms with E-state index in [4.69, 9.17) is 10.5 Å². The molecule has 0 aliphatic carbocycles. The van der Waals surface area contributed by atoms with Gasteiger partial charge in [0.25, 0.3) is 0 Å². The van der Waals surface area contributed by atoms with Crippen LogP contribution in [0.2, 0.25) is 0 Å². The van der Waals surface area contributed by atoms with Gasteiger partial charge in [-0.15, -0.1) is 11.3 Å². The fourth-order valence-electron chi connectivity index (χ4n) is 1.68. The third-order valence-corrected chi connectivity index (χ3v) is 3.96. The average molecular weight is 284 g/mol. The van der Waals surface area contributed by atoms with Crippen LogP contribution in [-0.4, -0.2) is 17.6 Å². The molecule has 19 heavy (non-hydrogen) atoms. The maximum Gasteiger partial charge on any atom is 0.350 e. The number of hydrogen-bond donors (Lipinski definition) is 1. The molecular formula is C14H24N2O2S. The van der Waals surface area contributed by atoms with Gasteiger partial charge in [-0.2, -0.15) is 0 Å². The number of nitrogens with zero attached hydrogens (tertiary/aromatic N) is 1. The largest absolute Gasteiger partial charge is 0.462 e. The molecule has 0 fully saturated rings. The van der Waals surface area contributed by atoms with E-state index in [1.807, 2.05) is 6.92 Å². The van der Waals surface area contributed by atoms with E-state index < -0.39 is 0 Å². The normalized spacial score (nSPS) is 13.1. The molecule has 1 heterocycles. The second-order valence-corrected chi connectivity index (χ2v) is 6.45. The number of thiazole rings is 1. The molecule has 0 spiro atoms. The van der Waals surface area contributed by atoms with Gasteiger partial charge in [0, 0.05) is 0 Å². The van der Waals surface area contributed by atoms with Crippen molar-refractivity contribution >= 4 is 17.3 Å². The molecule has 1 rings (SSSR count). The number of rotatable bonds is 6. The Kier molecular flexibility index (Phi) is 5.94. The predicted molar refractivity (Wildman–Crippen MR) is 78.4 cm³/mol. The van der Waals surface area contributed by atoms with Crippen molar-refractivity contribution in [2.75, 3.05) is 6.61 Å². The second kappa shape index (κ2) is 7.01. The molecule has 0 amide bonds. The first-order chi connectivity index (χ1) is 8.86. The van der Waals surface area contributed by atoms with Crippen LogP contribution < -0.4 is 5.73 Å². The lowest BCUT2D eigenvalue weighted by molar-refractivity contribution is 0.0530. The zero-order valence-corrected chi connectivity index (χ0v) is 13.2. The fraction of sp³-hybridized carbons (Fsp3) is 0.714. The first kappa shape index (κ1) is 16.1. The van der Waals surface area contributed by atoms with Crippen molar-refractivity contribution in [2.24, 2.45) is 17.6 Å². The summed E-state index contributed by atoms with van der Waals surface area (Å²) in [6.07, 6.45) is 0.773. The molecule has 0 bridgehead atoms. The van der Waals surface area contributed by atoms with Crippen LogP contribution in [0, 0.1) is 11.8 Å². The molecule has 0 aromatic carbocycles. The van der Waals surface area contributed by atoms with Crippen LogP contribution >= 0.6 is 11.3 Å². The number of ether oxygens (including phenoxy) is 1. The summed E-state index contributed by atoms with van der Waals surface area (Å²) in [7, 11) is 0. The Bertz CT molecular complexity index is 427. The molecule has 108 valence electrons. The summed E-state index contributed by atoms with van der Waals surface area (Å²) < 4.78 is 5.09. The van der Waals surface area contributed by atoms with Crippen LogP contribution in [0.3, 0.4) is 0 Å². The van der Waals surface area contributed by atoms with Crippen molar-refractivity contribution in [1.29, 1.82) is 0 Å². The molecule has 5 heteroatoms. The molecule has 0 aliphatic rings. The van der Waals surface area contributed by atoms with Gasteiger partial charge >= 0.3 is 5.97 Å². The highest BCUT2D eigenvalue weighted by Crippen LogP contribution is 2.28. The van der Waals surface area contributed by atoms with E-state index in [2.05, 4.69) is 32.7 Å². The van der Waals surface area contributed by atoms with E-state index in [1.165, 1.54) is 11.3 Å². The van der Waals surface area contributed by atoms with Gasteiger partial charge < -0.3 is 10.5 Å². The Labute approximate surface area is 119 Å². The van der Waals surface area contributed by atoms with Crippen molar-refractivity contribution in [3.05, 3.63) is 15.6 Å². The van der Waals surface area contributed by atoms with Crippen LogP contribution in [0.25, 0.3) is 0 Å². The lowest BCUT2D eigenvalue weighted by Gasteiger charge is -2.11. The van der Waals surface area contributed by atoms with E-state index in [0.29, 0.717) is 23.3 Å². The molecule has 1 aromatic heterocycles. The predicted octanol–water partition coefficient (Wildman–Crippen LogP) is 3.17. The van der Waals surface area contributed by atoms with Crippen LogP contribution in [0.1, 0.15) is 61.0 Å². The number of carbonyl (C=O) groups is 1. The average Bonchev–Trinajstić information content (AvgIpc) is 2.71. The number of hydrogen-bond acceptors (Lipinski definition) is 5. The van der Waals surface area contributed by atoms with Gasteiger partial charge in [-0.05, 0) is 25.2 Å². The number of esters is 1. The molecule has 4 nitrogen and oxygen atoms in total. The number of nitrogens with two attached hydrogens (primary N) is 1. The summed E-state index contributed by atoms with van der Waals surface area (Å²) >= 11 is 1.38. The number of aromatic nitrogens is 1. The molecule has 1 unspecified atom stereocenters. The van der Waals surface area contributed by atoms with E-state index in [-0.39, 0.29) is 12.0 Å². The lowest BCUT2D eigenvalue weighted by Crippen LogP contribution is -2.16. The minimum atomic E-state index is -0.280. The van der Waals surface area contributed by atoms with Gasteiger partial charge in [-0.25, -0.2) is 9.78 Å². The highest BCUT2D eigenvalue weighted by molar-refractivity contribution is 7.13. The van der Waals surface area contributed by atoms with Crippen molar-refractivity contribution in [2.45, 2.75) is 47.1 Å². The molecule has 0 aliphatic heterocycles. The van der Waals surface area contributed by atoms with E-state index in [0.717, 1.165) is 17.1 Å². The lowest BCUT2D eigenvalue weighted by atomic mass is 10.1. The SMILES string of the molecule is CCOC(=O)c1sc(C(N)C(C)C)nc1CC(C)C. The standard InChI is InChI=1S/C14H24N2O2S/c1-6-18-14(17)12-10(7-8(2)3)16-13(19-12)11(15)9(4)5/h8-9,11H,6-7,15H2,1-5H3. The minimum Gasteiger partial charge on any atom is -0.462 e. The highest BCUT2D eigenvalue weighted by Gasteiger charge is 2.23. The van der Waals surface area contributed by atoms with Crippen LogP contribution in [0.4, 0.5) is 0 Å². The van der Waals surface area contributed by atoms with Crippen LogP contribution in [0.5, 0.6) is 0 Å². The second-order valence-electron chi connectivity index (χ2n) is 5.42. The molecule has 0 radical (unpaired) electrons. The summed E-state index contributed by atoms with van der Waals surface area (Å²) in [6, 6.07) is -0.126. The summed E-state index contributed by atoms with van der Waals surface area (Å²) in [5.41, 5.74) is 6.94. The summed E-state index contributed by atoms with van der Waals surface area (Å²) in [5, 5.41) is 0.828. The number of carbonyl (C=O) groups excluding carboxylic acids is 1. The highest BCUT2D eigenvalue weighted by atomic mass is 32.1. The monoisotopic (exact) mass is 284 g/mol. The molecule has 0 saturated carbocycles. The Balaban J connectivity index is 3.08. The van der Waals surface area contributed by atoms with Gasteiger partial charge in [-0.1, -0.05) is 27.7 Å². The smallest absolute Gasteiger partial charge is 0.350 e. The van der Waals surface area contributed by atoms with Crippen LogP contribution in [-0.2, 0) is 11.2 Å². The summed E-state index contributed by atoms with van der Waals surface area (Å²) in [5.74, 6) is 0.462. The van der Waals surface area contributed by atoms with Gasteiger partial charge in [-0.3, -0.25) is 0 Å². The minimum absolute atomic E-state index is 0.126. The third kappa shape index (κ3) is 4.28.